The molecule has 0 saturated carbocycles. The molecule has 1 N–H and O–H groups in total. The monoisotopic (exact) mass is 545 g/mol. The Kier molecular flexibility index (Phi) is 7.81. The third kappa shape index (κ3) is 6.55. The van der Waals surface area contributed by atoms with E-state index in [9.17, 15) is 18.0 Å². The largest absolute Gasteiger partial charge is 0.473 e. The lowest BCUT2D eigenvalue weighted by Crippen LogP contribution is -2.44. The van der Waals surface area contributed by atoms with Crippen LogP contribution in [0.1, 0.15) is 51.1 Å². The zero-order valence-corrected chi connectivity index (χ0v) is 22.5. The average molecular weight is 546 g/mol. The number of hydrogen-bond acceptors (Lipinski definition) is 9. The van der Waals surface area contributed by atoms with Crippen molar-refractivity contribution in [2.75, 3.05) is 24.4 Å². The fraction of sp³-hybridized carbons (Fsp3) is 0.423. The number of hydrogen-bond donors (Lipinski definition) is 1. The minimum Gasteiger partial charge on any atom is -0.473 e. The number of carbonyl (C=O) groups excluding carboxylic acids is 2. The number of nitrogens with zero attached hydrogens (tertiary/aromatic N) is 2. The smallest absolute Gasteiger partial charge is 0.410 e. The Labute approximate surface area is 221 Å². The van der Waals surface area contributed by atoms with E-state index in [1.165, 1.54) is 24.4 Å². The highest BCUT2D eigenvalue weighted by Gasteiger charge is 2.29. The summed E-state index contributed by atoms with van der Waals surface area (Å²) in [5, 5.41) is 0.565. The van der Waals surface area contributed by atoms with Crippen LogP contribution in [-0.2, 0) is 19.5 Å². The lowest BCUT2D eigenvalue weighted by molar-refractivity contribution is 0.0123. The molecule has 0 radical (unpaired) electrons. The van der Waals surface area contributed by atoms with Gasteiger partial charge < -0.3 is 23.5 Å². The molecule has 204 valence electrons. The number of likely N-dealkylation sites (tertiary alicyclic amines) is 1. The first-order chi connectivity index (χ1) is 17.9. The number of ether oxygens (including phenoxy) is 3. The molecule has 0 unspecified atom stereocenters. The zero-order chi connectivity index (χ0) is 27.5. The summed E-state index contributed by atoms with van der Waals surface area (Å²) in [4.78, 5) is 30.1. The van der Waals surface area contributed by atoms with E-state index in [2.05, 4.69) is 9.71 Å². The minimum atomic E-state index is -4.04. The molecule has 0 bridgehead atoms. The lowest BCUT2D eigenvalue weighted by Gasteiger charge is -2.33. The van der Waals surface area contributed by atoms with Gasteiger partial charge >= 0.3 is 12.1 Å². The topological polar surface area (TPSA) is 137 Å². The Morgan fingerprint density at radius 2 is 1.89 bits per heavy atom. The number of sulfonamides is 1. The molecule has 1 aliphatic rings. The number of benzene rings is 1. The Bertz CT molecular complexity index is 1420. The molecular weight excluding hydrogens is 514 g/mol. The third-order valence-electron chi connectivity index (χ3n) is 5.67. The predicted octanol–water partition coefficient (Wildman–Crippen LogP) is 4.58. The van der Waals surface area contributed by atoms with Crippen LogP contribution >= 0.6 is 0 Å². The molecule has 1 fully saturated rings. The molecule has 1 aromatic carbocycles. The summed E-state index contributed by atoms with van der Waals surface area (Å²) >= 11 is 0. The van der Waals surface area contributed by atoms with Gasteiger partial charge in [-0.2, -0.15) is 0 Å². The SMILES string of the molecule is CCOC(=O)c1cc2ccc(S(=O)(=O)Nc3cccnc3OC3CCN(C(=O)OC(C)(C)C)CC3)cc2o1. The van der Waals surface area contributed by atoms with Crippen LogP contribution in [-0.4, -0.2) is 61.8 Å². The number of pyridine rings is 1. The summed E-state index contributed by atoms with van der Waals surface area (Å²) in [5.74, 6) is -0.499. The second-order valence-corrected chi connectivity index (χ2v) is 11.5. The van der Waals surface area contributed by atoms with E-state index < -0.39 is 21.6 Å². The van der Waals surface area contributed by atoms with E-state index in [1.807, 2.05) is 20.8 Å². The van der Waals surface area contributed by atoms with Crippen LogP contribution < -0.4 is 9.46 Å². The van der Waals surface area contributed by atoms with Crippen LogP contribution in [0.5, 0.6) is 5.88 Å². The molecule has 11 nitrogen and oxygen atoms in total. The van der Waals surface area contributed by atoms with Crippen molar-refractivity contribution in [3.8, 4) is 5.88 Å². The van der Waals surface area contributed by atoms with Crippen molar-refractivity contribution in [3.05, 3.63) is 48.4 Å². The number of amides is 1. The number of furan rings is 1. The fourth-order valence-corrected chi connectivity index (χ4v) is 4.96. The van der Waals surface area contributed by atoms with Crippen molar-refractivity contribution in [1.82, 2.24) is 9.88 Å². The normalized spacial score (nSPS) is 14.8. The molecule has 3 heterocycles. The number of nitrogens with one attached hydrogen (secondary N) is 1. The summed E-state index contributed by atoms with van der Waals surface area (Å²) in [7, 11) is -4.04. The first-order valence-corrected chi connectivity index (χ1v) is 13.8. The molecule has 1 saturated heterocycles. The minimum absolute atomic E-state index is 0.00924. The molecular formula is C26H31N3O8S. The highest BCUT2D eigenvalue weighted by molar-refractivity contribution is 7.92. The van der Waals surface area contributed by atoms with E-state index in [0.29, 0.717) is 31.3 Å². The van der Waals surface area contributed by atoms with Gasteiger partial charge in [-0.3, -0.25) is 4.72 Å². The van der Waals surface area contributed by atoms with Gasteiger partial charge in [-0.15, -0.1) is 0 Å². The van der Waals surface area contributed by atoms with E-state index in [0.717, 1.165) is 0 Å². The number of esters is 1. The Morgan fingerprint density at radius 1 is 1.16 bits per heavy atom. The first-order valence-electron chi connectivity index (χ1n) is 12.3. The fourth-order valence-electron chi connectivity index (χ4n) is 3.89. The Balaban J connectivity index is 1.44. The summed E-state index contributed by atoms with van der Waals surface area (Å²) in [6, 6.07) is 8.95. The zero-order valence-electron chi connectivity index (χ0n) is 21.7. The van der Waals surface area contributed by atoms with Crippen LogP contribution in [0.2, 0.25) is 0 Å². The van der Waals surface area contributed by atoms with Crippen LogP contribution in [0.25, 0.3) is 11.0 Å². The maximum atomic E-state index is 13.2. The van der Waals surface area contributed by atoms with Crippen molar-refractivity contribution >= 4 is 38.7 Å². The summed E-state index contributed by atoms with van der Waals surface area (Å²) in [5.41, 5.74) is -0.168. The van der Waals surface area contributed by atoms with E-state index in [-0.39, 0.29) is 46.6 Å². The number of anilines is 1. The van der Waals surface area contributed by atoms with Crippen LogP contribution in [0.3, 0.4) is 0 Å². The number of piperidine rings is 1. The van der Waals surface area contributed by atoms with E-state index in [4.69, 9.17) is 18.6 Å². The molecule has 1 amide bonds. The van der Waals surface area contributed by atoms with Crippen molar-refractivity contribution in [3.63, 3.8) is 0 Å². The van der Waals surface area contributed by atoms with Crippen molar-refractivity contribution in [2.24, 2.45) is 0 Å². The van der Waals surface area contributed by atoms with E-state index in [1.54, 1.807) is 30.0 Å². The van der Waals surface area contributed by atoms with Crippen LogP contribution in [0, 0.1) is 0 Å². The summed E-state index contributed by atoms with van der Waals surface area (Å²) in [6.45, 7) is 8.22. The van der Waals surface area contributed by atoms with Crippen molar-refractivity contribution in [2.45, 2.75) is 57.1 Å². The molecule has 12 heteroatoms. The molecule has 0 aliphatic carbocycles. The number of carbonyl (C=O) groups is 2. The maximum absolute atomic E-state index is 13.2. The number of fused-ring (bicyclic) bond motifs is 1. The van der Waals surface area contributed by atoms with Gasteiger partial charge in [-0.05, 0) is 58.0 Å². The van der Waals surface area contributed by atoms with Gasteiger partial charge in [-0.25, -0.2) is 23.0 Å². The molecule has 0 spiro atoms. The van der Waals surface area contributed by atoms with Gasteiger partial charge in [-0.1, -0.05) is 0 Å². The highest BCUT2D eigenvalue weighted by atomic mass is 32.2. The van der Waals surface area contributed by atoms with Crippen molar-refractivity contribution < 1.29 is 36.6 Å². The maximum Gasteiger partial charge on any atom is 0.410 e. The highest BCUT2D eigenvalue weighted by Crippen LogP contribution is 2.29. The first kappa shape index (κ1) is 27.2. The van der Waals surface area contributed by atoms with E-state index >= 15 is 0 Å². The van der Waals surface area contributed by atoms with Gasteiger partial charge in [0.1, 0.15) is 23.0 Å². The van der Waals surface area contributed by atoms with Gasteiger partial charge in [0.2, 0.25) is 11.6 Å². The molecule has 2 aromatic heterocycles. The lowest BCUT2D eigenvalue weighted by atomic mass is 10.1. The second kappa shape index (κ2) is 10.9. The summed E-state index contributed by atoms with van der Waals surface area (Å²) < 4.78 is 50.8. The Morgan fingerprint density at radius 3 is 2.58 bits per heavy atom. The van der Waals surface area contributed by atoms with Crippen LogP contribution in [0.4, 0.5) is 10.5 Å². The van der Waals surface area contributed by atoms with Crippen LogP contribution in [0.15, 0.2) is 51.9 Å². The van der Waals surface area contributed by atoms with Gasteiger partial charge in [0.05, 0.1) is 11.5 Å². The predicted molar refractivity (Wildman–Crippen MR) is 139 cm³/mol. The molecule has 1 aliphatic heterocycles. The molecule has 4 rings (SSSR count). The quantitative estimate of drug-likeness (QED) is 0.423. The molecule has 3 aromatic rings. The van der Waals surface area contributed by atoms with Gasteiger partial charge in [0, 0.05) is 43.6 Å². The van der Waals surface area contributed by atoms with Gasteiger partial charge in [0.15, 0.2) is 0 Å². The summed E-state index contributed by atoms with van der Waals surface area (Å²) in [6.07, 6.45) is 1.96. The second-order valence-electron chi connectivity index (χ2n) is 9.78. The number of aromatic nitrogens is 1. The molecule has 38 heavy (non-hydrogen) atoms. The molecule has 0 atom stereocenters. The number of rotatable bonds is 7. The average Bonchev–Trinajstić information content (AvgIpc) is 3.28. The standard InChI is InChI=1S/C26H31N3O8S/c1-5-34-24(30)22-15-17-8-9-19(16-21(17)36-22)38(32,33)28-20-7-6-12-27-23(20)35-18-10-13-29(14-11-18)25(31)37-26(2,3)4/h6-9,12,15-16,18,28H,5,10-11,13-14H2,1-4H3. The van der Waals surface area contributed by atoms with Crippen molar-refractivity contribution in [1.29, 1.82) is 0 Å². The third-order valence-corrected chi connectivity index (χ3v) is 7.03. The Hall–Kier alpha value is -3.80. The van der Waals surface area contributed by atoms with Gasteiger partial charge in [0.25, 0.3) is 10.0 Å².